The number of halogens is 2. The lowest BCUT2D eigenvalue weighted by atomic mass is 10.2. The molecule has 3 aromatic rings. The summed E-state index contributed by atoms with van der Waals surface area (Å²) in [5, 5.41) is 12.2. The summed E-state index contributed by atoms with van der Waals surface area (Å²) in [5.41, 5.74) is -0.720. The molecule has 0 unspecified atom stereocenters. The number of benzene rings is 3. The van der Waals surface area contributed by atoms with Crippen LogP contribution in [0.15, 0.2) is 65.6 Å². The minimum Gasteiger partial charge on any atom is -0.506 e. The summed E-state index contributed by atoms with van der Waals surface area (Å²) in [5.74, 6) is -3.04. The minimum absolute atomic E-state index is 0.181. The van der Waals surface area contributed by atoms with Gasteiger partial charge in [-0.2, -0.15) is 0 Å². The van der Waals surface area contributed by atoms with Crippen LogP contribution in [-0.4, -0.2) is 26.5 Å². The molecule has 0 radical (unpaired) electrons. The van der Waals surface area contributed by atoms with E-state index >= 15 is 0 Å². The number of anilines is 2. The van der Waals surface area contributed by atoms with Gasteiger partial charge < -0.3 is 15.2 Å². The van der Waals surface area contributed by atoms with Crippen molar-refractivity contribution in [3.05, 3.63) is 77.9 Å². The van der Waals surface area contributed by atoms with Gasteiger partial charge in [-0.05, 0) is 48.5 Å². The second kappa shape index (κ2) is 8.37. The van der Waals surface area contributed by atoms with Crippen molar-refractivity contribution in [1.82, 2.24) is 0 Å². The molecule has 0 aliphatic carbocycles. The number of para-hydroxylation sites is 2. The van der Waals surface area contributed by atoms with Gasteiger partial charge in [-0.15, -0.1) is 0 Å². The monoisotopic (exact) mass is 434 g/mol. The van der Waals surface area contributed by atoms with Crippen LogP contribution < -0.4 is 14.8 Å². The van der Waals surface area contributed by atoms with Gasteiger partial charge in [0.15, 0.2) is 0 Å². The number of carbonyl (C=O) groups excluding carboxylic acids is 1. The summed E-state index contributed by atoms with van der Waals surface area (Å²) >= 11 is 0. The Morgan fingerprint density at radius 2 is 1.73 bits per heavy atom. The van der Waals surface area contributed by atoms with E-state index in [0.717, 1.165) is 30.3 Å². The van der Waals surface area contributed by atoms with Gasteiger partial charge in [-0.25, -0.2) is 17.2 Å². The van der Waals surface area contributed by atoms with Gasteiger partial charge in [0.1, 0.15) is 23.1 Å². The van der Waals surface area contributed by atoms with E-state index in [2.05, 4.69) is 10.0 Å². The van der Waals surface area contributed by atoms with Gasteiger partial charge in [0.05, 0.1) is 28.9 Å². The Balaban J connectivity index is 1.91. The van der Waals surface area contributed by atoms with Gasteiger partial charge in [-0.3, -0.25) is 9.52 Å². The van der Waals surface area contributed by atoms with Crippen LogP contribution >= 0.6 is 0 Å². The predicted molar refractivity (Wildman–Crippen MR) is 106 cm³/mol. The third-order valence-corrected chi connectivity index (χ3v) is 5.41. The van der Waals surface area contributed by atoms with Gasteiger partial charge in [0.2, 0.25) is 0 Å². The van der Waals surface area contributed by atoms with Crippen LogP contribution in [0.1, 0.15) is 10.4 Å². The lowest BCUT2D eigenvalue weighted by Crippen LogP contribution is -2.16. The zero-order chi connectivity index (χ0) is 21.9. The van der Waals surface area contributed by atoms with E-state index in [0.29, 0.717) is 6.07 Å². The molecule has 0 bridgehead atoms. The summed E-state index contributed by atoms with van der Waals surface area (Å²) in [7, 11) is -2.75. The third kappa shape index (κ3) is 4.49. The van der Waals surface area contributed by atoms with Gasteiger partial charge in [-0.1, -0.05) is 12.1 Å². The molecule has 0 spiro atoms. The maximum Gasteiger partial charge on any atom is 0.262 e. The molecular weight excluding hydrogens is 418 g/mol. The van der Waals surface area contributed by atoms with Crippen LogP contribution in [0.4, 0.5) is 20.2 Å². The highest BCUT2D eigenvalue weighted by Gasteiger charge is 2.20. The number of hydrogen-bond donors (Lipinski definition) is 3. The van der Waals surface area contributed by atoms with Crippen LogP contribution in [0.5, 0.6) is 11.5 Å². The Morgan fingerprint density at radius 1 is 1.00 bits per heavy atom. The van der Waals surface area contributed by atoms with Gasteiger partial charge >= 0.3 is 0 Å². The zero-order valence-corrected chi connectivity index (χ0v) is 16.3. The molecule has 1 amide bonds. The maximum absolute atomic E-state index is 13.8. The lowest BCUT2D eigenvalue weighted by molar-refractivity contribution is 0.102. The fourth-order valence-corrected chi connectivity index (χ4v) is 3.67. The second-order valence-corrected chi connectivity index (χ2v) is 7.75. The fraction of sp³-hybridized carbons (Fsp3) is 0.0500. The number of sulfonamides is 1. The number of methoxy groups -OCH3 is 1. The average Bonchev–Trinajstić information content (AvgIpc) is 2.71. The van der Waals surface area contributed by atoms with Crippen LogP contribution in [0.25, 0.3) is 0 Å². The molecule has 0 atom stereocenters. The Hall–Kier alpha value is -3.66. The molecule has 0 aliphatic rings. The number of aromatic hydroxyl groups is 1. The smallest absolute Gasteiger partial charge is 0.262 e. The minimum atomic E-state index is -4.13. The van der Waals surface area contributed by atoms with Crippen molar-refractivity contribution >= 4 is 27.3 Å². The molecule has 0 aromatic heterocycles. The molecule has 10 heteroatoms. The molecule has 0 saturated heterocycles. The summed E-state index contributed by atoms with van der Waals surface area (Å²) in [6, 6.07) is 11.8. The summed E-state index contributed by atoms with van der Waals surface area (Å²) < 4.78 is 60.0. The number of amides is 1. The molecule has 0 heterocycles. The number of phenols is 1. The third-order valence-electron chi connectivity index (χ3n) is 4.05. The van der Waals surface area contributed by atoms with E-state index in [9.17, 15) is 27.1 Å². The first-order chi connectivity index (χ1) is 14.2. The standard InChI is InChI=1S/C20H16F2N2O5S/c1-29-19-5-3-2-4-16(19)24-30(27,28)13-7-9-18(25)17(11-13)23-20(26)14-10-12(21)6-8-15(14)22/h2-11,24-25H,1H3,(H,23,26). The molecule has 3 N–H and O–H groups in total. The van der Waals surface area contributed by atoms with Crippen LogP contribution in [0.2, 0.25) is 0 Å². The molecule has 30 heavy (non-hydrogen) atoms. The van der Waals surface area contributed by atoms with E-state index in [1.165, 1.54) is 13.2 Å². The lowest BCUT2D eigenvalue weighted by Gasteiger charge is -2.13. The van der Waals surface area contributed by atoms with Crippen LogP contribution in [0, 0.1) is 11.6 Å². The highest BCUT2D eigenvalue weighted by atomic mass is 32.2. The first-order valence-corrected chi connectivity index (χ1v) is 9.95. The van der Waals surface area contributed by atoms with Crippen molar-refractivity contribution in [2.24, 2.45) is 0 Å². The Morgan fingerprint density at radius 3 is 2.47 bits per heavy atom. The summed E-state index contributed by atoms with van der Waals surface area (Å²) in [6.07, 6.45) is 0. The van der Waals surface area contributed by atoms with E-state index in [1.54, 1.807) is 18.2 Å². The van der Waals surface area contributed by atoms with Crippen molar-refractivity contribution in [1.29, 1.82) is 0 Å². The SMILES string of the molecule is COc1ccccc1NS(=O)(=O)c1ccc(O)c(NC(=O)c2cc(F)ccc2F)c1. The van der Waals surface area contributed by atoms with Crippen LogP contribution in [0.3, 0.4) is 0 Å². The summed E-state index contributed by atoms with van der Waals surface area (Å²) in [4.78, 5) is 12.0. The molecule has 3 rings (SSSR count). The number of carbonyl (C=O) groups is 1. The fourth-order valence-electron chi connectivity index (χ4n) is 2.58. The van der Waals surface area contributed by atoms with Crippen molar-refractivity contribution in [2.45, 2.75) is 4.90 Å². The number of phenolic OH excluding ortho intramolecular Hbond substituents is 1. The predicted octanol–water partition coefficient (Wildman–Crippen LogP) is 3.73. The highest BCUT2D eigenvalue weighted by molar-refractivity contribution is 7.92. The van der Waals surface area contributed by atoms with Gasteiger partial charge in [0, 0.05) is 0 Å². The molecule has 156 valence electrons. The van der Waals surface area contributed by atoms with Crippen molar-refractivity contribution in [3.8, 4) is 11.5 Å². The van der Waals surface area contributed by atoms with E-state index in [-0.39, 0.29) is 22.0 Å². The van der Waals surface area contributed by atoms with E-state index in [1.807, 2.05) is 0 Å². The quantitative estimate of drug-likeness (QED) is 0.513. The molecule has 0 aliphatic heterocycles. The summed E-state index contributed by atoms with van der Waals surface area (Å²) in [6.45, 7) is 0. The normalized spacial score (nSPS) is 11.0. The number of rotatable bonds is 6. The number of nitrogens with one attached hydrogen (secondary N) is 2. The second-order valence-electron chi connectivity index (χ2n) is 6.06. The molecule has 3 aromatic carbocycles. The van der Waals surface area contributed by atoms with E-state index < -0.39 is 38.9 Å². The molecule has 0 fully saturated rings. The van der Waals surface area contributed by atoms with E-state index in [4.69, 9.17) is 4.74 Å². The van der Waals surface area contributed by atoms with Crippen molar-refractivity contribution in [2.75, 3.05) is 17.1 Å². The first-order valence-electron chi connectivity index (χ1n) is 8.46. The average molecular weight is 434 g/mol. The highest BCUT2D eigenvalue weighted by Crippen LogP contribution is 2.30. The van der Waals surface area contributed by atoms with Crippen molar-refractivity contribution < 1.29 is 31.8 Å². The number of hydrogen-bond acceptors (Lipinski definition) is 5. The zero-order valence-electron chi connectivity index (χ0n) is 15.5. The Labute approximate surface area is 171 Å². The molecular formula is C20H16F2N2O5S. The Kier molecular flexibility index (Phi) is 5.88. The van der Waals surface area contributed by atoms with Crippen molar-refractivity contribution in [3.63, 3.8) is 0 Å². The first kappa shape index (κ1) is 21.1. The maximum atomic E-state index is 13.8. The Bertz CT molecular complexity index is 1220. The topological polar surface area (TPSA) is 105 Å². The van der Waals surface area contributed by atoms with Gasteiger partial charge in [0.25, 0.3) is 15.9 Å². The number of ether oxygens (including phenoxy) is 1. The van der Waals surface area contributed by atoms with Crippen LogP contribution in [-0.2, 0) is 10.0 Å². The molecule has 0 saturated carbocycles. The largest absolute Gasteiger partial charge is 0.506 e. The molecule has 7 nitrogen and oxygen atoms in total.